The van der Waals surface area contributed by atoms with Gasteiger partial charge in [-0.15, -0.1) is 0 Å². The van der Waals surface area contributed by atoms with Gasteiger partial charge in [0.1, 0.15) is 11.5 Å². The fraction of sp³-hybridized carbons (Fsp3) is 0.167. The van der Waals surface area contributed by atoms with Crippen molar-refractivity contribution in [2.75, 3.05) is 0 Å². The van der Waals surface area contributed by atoms with Crippen LogP contribution in [0.2, 0.25) is 5.15 Å². The zero-order chi connectivity index (χ0) is 11.5. The molecule has 0 fully saturated rings. The number of aromatic nitrogens is 2. The molecule has 0 aliphatic heterocycles. The summed E-state index contributed by atoms with van der Waals surface area (Å²) in [7, 11) is 0. The van der Waals surface area contributed by atoms with Crippen LogP contribution >= 0.6 is 11.6 Å². The minimum Gasteiger partial charge on any atom is -0.326 e. The zero-order valence-electron chi connectivity index (χ0n) is 8.94. The standard InChI is InChI=1S/C12H12ClN3/c1-8-4-9(2-3-10(8)6-14)11-5-12(13)16-7-15-11/h2-5,7H,6,14H2,1H3. The summed E-state index contributed by atoms with van der Waals surface area (Å²) in [5.41, 5.74) is 9.77. The molecule has 1 heterocycles. The Bertz CT molecular complexity index is 511. The third-order valence-corrected chi connectivity index (χ3v) is 2.70. The summed E-state index contributed by atoms with van der Waals surface area (Å²) in [5.74, 6) is 0. The molecule has 0 atom stereocenters. The van der Waals surface area contributed by atoms with Gasteiger partial charge < -0.3 is 5.73 Å². The quantitative estimate of drug-likeness (QED) is 0.812. The van der Waals surface area contributed by atoms with Gasteiger partial charge in [-0.05, 0) is 24.1 Å². The van der Waals surface area contributed by atoms with E-state index in [1.807, 2.05) is 19.1 Å². The molecule has 0 saturated heterocycles. The van der Waals surface area contributed by atoms with Crippen molar-refractivity contribution in [3.63, 3.8) is 0 Å². The molecule has 16 heavy (non-hydrogen) atoms. The number of hydrogen-bond donors (Lipinski definition) is 1. The molecule has 0 radical (unpaired) electrons. The molecule has 0 spiro atoms. The Morgan fingerprint density at radius 2 is 2.06 bits per heavy atom. The molecule has 2 N–H and O–H groups in total. The first-order valence-corrected chi connectivity index (χ1v) is 5.36. The molecule has 1 aromatic heterocycles. The molecule has 0 aliphatic rings. The van der Waals surface area contributed by atoms with Gasteiger partial charge in [0.2, 0.25) is 0 Å². The highest BCUT2D eigenvalue weighted by Crippen LogP contribution is 2.21. The Morgan fingerprint density at radius 3 is 2.69 bits per heavy atom. The van der Waals surface area contributed by atoms with E-state index in [2.05, 4.69) is 16.0 Å². The lowest BCUT2D eigenvalue weighted by Gasteiger charge is -2.06. The first kappa shape index (κ1) is 11.0. The summed E-state index contributed by atoms with van der Waals surface area (Å²) in [4.78, 5) is 8.04. The van der Waals surface area contributed by atoms with Crippen LogP contribution in [0.5, 0.6) is 0 Å². The number of nitrogens with zero attached hydrogens (tertiary/aromatic N) is 2. The van der Waals surface area contributed by atoms with Crippen LogP contribution in [-0.4, -0.2) is 9.97 Å². The average Bonchev–Trinajstić information content (AvgIpc) is 2.29. The van der Waals surface area contributed by atoms with Crippen LogP contribution in [0, 0.1) is 6.92 Å². The summed E-state index contributed by atoms with van der Waals surface area (Å²) in [6.07, 6.45) is 1.46. The van der Waals surface area contributed by atoms with Crippen LogP contribution in [0.4, 0.5) is 0 Å². The van der Waals surface area contributed by atoms with E-state index in [1.165, 1.54) is 6.33 Å². The lowest BCUT2D eigenvalue weighted by Crippen LogP contribution is -1.99. The Hall–Kier alpha value is -1.45. The Kier molecular flexibility index (Phi) is 3.17. The van der Waals surface area contributed by atoms with Gasteiger partial charge >= 0.3 is 0 Å². The number of rotatable bonds is 2. The smallest absolute Gasteiger partial charge is 0.133 e. The summed E-state index contributed by atoms with van der Waals surface area (Å²) in [6, 6.07) is 7.81. The zero-order valence-corrected chi connectivity index (χ0v) is 9.70. The van der Waals surface area contributed by atoms with Crippen molar-refractivity contribution in [1.29, 1.82) is 0 Å². The third kappa shape index (κ3) is 2.21. The molecule has 2 aromatic rings. The van der Waals surface area contributed by atoms with Crippen molar-refractivity contribution in [2.45, 2.75) is 13.5 Å². The number of aryl methyl sites for hydroxylation is 1. The second-order valence-electron chi connectivity index (χ2n) is 3.57. The first-order chi connectivity index (χ1) is 7.70. The summed E-state index contributed by atoms with van der Waals surface area (Å²) in [6.45, 7) is 2.59. The number of halogens is 1. The van der Waals surface area contributed by atoms with Gasteiger partial charge in [-0.3, -0.25) is 0 Å². The fourth-order valence-electron chi connectivity index (χ4n) is 1.58. The van der Waals surface area contributed by atoms with Crippen molar-refractivity contribution in [2.24, 2.45) is 5.73 Å². The van der Waals surface area contributed by atoms with Gasteiger partial charge in [0, 0.05) is 18.2 Å². The molecule has 2 rings (SSSR count). The average molecular weight is 234 g/mol. The van der Waals surface area contributed by atoms with Crippen molar-refractivity contribution >= 4 is 11.6 Å². The Labute approximate surface area is 99.3 Å². The van der Waals surface area contributed by atoms with Gasteiger partial charge in [-0.2, -0.15) is 0 Å². The van der Waals surface area contributed by atoms with E-state index in [-0.39, 0.29) is 0 Å². The van der Waals surface area contributed by atoms with Gasteiger partial charge in [0.05, 0.1) is 5.69 Å². The molecule has 0 amide bonds. The SMILES string of the molecule is Cc1cc(-c2cc(Cl)ncn2)ccc1CN. The minimum absolute atomic E-state index is 0.450. The van der Waals surface area contributed by atoms with E-state index in [0.29, 0.717) is 11.7 Å². The first-order valence-electron chi connectivity index (χ1n) is 4.98. The molecule has 0 bridgehead atoms. The molecule has 0 saturated carbocycles. The highest BCUT2D eigenvalue weighted by molar-refractivity contribution is 6.29. The third-order valence-electron chi connectivity index (χ3n) is 2.49. The van der Waals surface area contributed by atoms with Gasteiger partial charge in [-0.25, -0.2) is 9.97 Å². The van der Waals surface area contributed by atoms with E-state index < -0.39 is 0 Å². The van der Waals surface area contributed by atoms with Gasteiger partial charge in [0.15, 0.2) is 0 Å². The van der Waals surface area contributed by atoms with Crippen molar-refractivity contribution in [3.8, 4) is 11.3 Å². The van der Waals surface area contributed by atoms with E-state index >= 15 is 0 Å². The second-order valence-corrected chi connectivity index (χ2v) is 3.96. The monoisotopic (exact) mass is 233 g/mol. The number of hydrogen-bond acceptors (Lipinski definition) is 3. The molecular formula is C12H12ClN3. The van der Waals surface area contributed by atoms with Crippen molar-refractivity contribution in [1.82, 2.24) is 9.97 Å². The molecule has 3 nitrogen and oxygen atoms in total. The molecule has 4 heteroatoms. The largest absolute Gasteiger partial charge is 0.326 e. The Balaban J connectivity index is 2.45. The summed E-state index contributed by atoms with van der Waals surface area (Å²) in [5, 5.41) is 0.450. The fourth-order valence-corrected chi connectivity index (χ4v) is 1.72. The number of nitrogens with two attached hydrogens (primary N) is 1. The predicted molar refractivity (Wildman–Crippen MR) is 65.1 cm³/mol. The van der Waals surface area contributed by atoms with E-state index in [9.17, 15) is 0 Å². The Morgan fingerprint density at radius 1 is 1.25 bits per heavy atom. The second kappa shape index (κ2) is 4.60. The predicted octanol–water partition coefficient (Wildman–Crippen LogP) is 2.56. The van der Waals surface area contributed by atoms with Crippen LogP contribution in [-0.2, 0) is 6.54 Å². The maximum Gasteiger partial charge on any atom is 0.133 e. The van der Waals surface area contributed by atoms with E-state index in [4.69, 9.17) is 17.3 Å². The highest BCUT2D eigenvalue weighted by Gasteiger charge is 2.03. The summed E-state index contributed by atoms with van der Waals surface area (Å²) < 4.78 is 0. The van der Waals surface area contributed by atoms with Gasteiger partial charge in [-0.1, -0.05) is 23.7 Å². The maximum absolute atomic E-state index is 5.82. The lowest BCUT2D eigenvalue weighted by molar-refractivity contribution is 1.05. The van der Waals surface area contributed by atoms with Crippen molar-refractivity contribution < 1.29 is 0 Å². The van der Waals surface area contributed by atoms with E-state index in [0.717, 1.165) is 22.4 Å². The van der Waals surface area contributed by atoms with Gasteiger partial charge in [0.25, 0.3) is 0 Å². The van der Waals surface area contributed by atoms with Crippen LogP contribution in [0.15, 0.2) is 30.6 Å². The van der Waals surface area contributed by atoms with Crippen LogP contribution in [0.1, 0.15) is 11.1 Å². The molecule has 0 aliphatic carbocycles. The minimum atomic E-state index is 0.450. The molecular weight excluding hydrogens is 222 g/mol. The maximum atomic E-state index is 5.82. The number of benzene rings is 1. The molecule has 82 valence electrons. The van der Waals surface area contributed by atoms with Crippen LogP contribution in [0.3, 0.4) is 0 Å². The van der Waals surface area contributed by atoms with Crippen LogP contribution in [0.25, 0.3) is 11.3 Å². The lowest BCUT2D eigenvalue weighted by atomic mass is 10.0. The highest BCUT2D eigenvalue weighted by atomic mass is 35.5. The topological polar surface area (TPSA) is 51.8 Å². The van der Waals surface area contributed by atoms with E-state index in [1.54, 1.807) is 6.07 Å². The molecule has 0 unspecified atom stereocenters. The molecule has 1 aromatic carbocycles. The summed E-state index contributed by atoms with van der Waals surface area (Å²) >= 11 is 5.82. The van der Waals surface area contributed by atoms with Crippen LogP contribution < -0.4 is 5.73 Å². The van der Waals surface area contributed by atoms with Crippen molar-refractivity contribution in [3.05, 3.63) is 46.9 Å². The normalized spacial score (nSPS) is 10.4.